The van der Waals surface area contributed by atoms with E-state index in [1.165, 1.54) is 0 Å². The van der Waals surface area contributed by atoms with Crippen molar-refractivity contribution in [3.05, 3.63) is 66.2 Å². The Morgan fingerprint density at radius 3 is 2.61 bits per heavy atom. The molecule has 0 saturated heterocycles. The van der Waals surface area contributed by atoms with Gasteiger partial charge in [-0.05, 0) is 23.8 Å². The molecule has 2 amide bonds. The zero-order valence-corrected chi connectivity index (χ0v) is 12.9. The summed E-state index contributed by atoms with van der Waals surface area (Å²) in [5, 5.41) is 2.87. The van der Waals surface area contributed by atoms with Crippen molar-refractivity contribution in [2.75, 3.05) is 16.8 Å². The van der Waals surface area contributed by atoms with E-state index in [0.29, 0.717) is 12.2 Å². The maximum Gasteiger partial charge on any atom is 0.251 e. The summed E-state index contributed by atoms with van der Waals surface area (Å²) < 4.78 is 0. The van der Waals surface area contributed by atoms with E-state index in [-0.39, 0.29) is 17.7 Å². The highest BCUT2D eigenvalue weighted by Gasteiger charge is 2.27. The fourth-order valence-electron chi connectivity index (χ4n) is 2.56. The predicted octanol–water partition coefficient (Wildman–Crippen LogP) is 3.32. The molecule has 0 fully saturated rings. The first-order chi connectivity index (χ1) is 11.1. The molecule has 0 radical (unpaired) electrons. The summed E-state index contributed by atoms with van der Waals surface area (Å²) in [6.07, 6.45) is 3.34. The summed E-state index contributed by atoms with van der Waals surface area (Å²) in [5.74, 6) is -0.471. The van der Waals surface area contributed by atoms with Crippen LogP contribution >= 0.6 is 0 Å². The van der Waals surface area contributed by atoms with Crippen molar-refractivity contribution in [1.29, 1.82) is 0 Å². The first-order valence-electron chi connectivity index (χ1n) is 7.59. The Labute approximate surface area is 135 Å². The van der Waals surface area contributed by atoms with Crippen LogP contribution < -0.4 is 10.2 Å². The molecule has 116 valence electrons. The molecule has 3 rings (SSSR count). The average Bonchev–Trinajstić information content (AvgIpc) is 2.71. The molecule has 1 atom stereocenters. The minimum atomic E-state index is -0.267. The lowest BCUT2D eigenvalue weighted by atomic mass is 10.1. The summed E-state index contributed by atoms with van der Waals surface area (Å²) in [7, 11) is 0. The molecule has 4 heteroatoms. The summed E-state index contributed by atoms with van der Waals surface area (Å²) in [4.78, 5) is 26.3. The SMILES string of the molecule is CC1CN(C(=O)/C=C/c2ccccc2)c2ccccc2NC1=O. The van der Waals surface area contributed by atoms with Crippen molar-refractivity contribution in [1.82, 2.24) is 0 Å². The second-order valence-corrected chi connectivity index (χ2v) is 5.60. The van der Waals surface area contributed by atoms with Crippen molar-refractivity contribution < 1.29 is 9.59 Å². The van der Waals surface area contributed by atoms with Gasteiger partial charge in [-0.3, -0.25) is 9.59 Å². The smallest absolute Gasteiger partial charge is 0.251 e. The third kappa shape index (κ3) is 3.31. The molecule has 0 spiro atoms. The minimum Gasteiger partial charge on any atom is -0.324 e. The van der Waals surface area contributed by atoms with Crippen LogP contribution in [0.2, 0.25) is 0 Å². The van der Waals surface area contributed by atoms with E-state index in [0.717, 1.165) is 11.3 Å². The number of rotatable bonds is 2. The lowest BCUT2D eigenvalue weighted by Crippen LogP contribution is -2.34. The van der Waals surface area contributed by atoms with Gasteiger partial charge in [0.1, 0.15) is 0 Å². The van der Waals surface area contributed by atoms with E-state index in [2.05, 4.69) is 5.32 Å². The third-order valence-corrected chi connectivity index (χ3v) is 3.84. The Kier molecular flexibility index (Phi) is 4.24. The number of hydrogen-bond acceptors (Lipinski definition) is 2. The van der Waals surface area contributed by atoms with Crippen LogP contribution in [0.4, 0.5) is 11.4 Å². The Hall–Kier alpha value is -2.88. The number of carbonyl (C=O) groups is 2. The van der Waals surface area contributed by atoms with Gasteiger partial charge in [0.2, 0.25) is 5.91 Å². The normalized spacial score (nSPS) is 17.5. The lowest BCUT2D eigenvalue weighted by Gasteiger charge is -2.22. The number of amides is 2. The molecule has 0 bridgehead atoms. The predicted molar refractivity (Wildman–Crippen MR) is 92.1 cm³/mol. The molecule has 2 aromatic rings. The Balaban J connectivity index is 1.90. The number of carbonyl (C=O) groups excluding carboxylic acids is 2. The zero-order valence-electron chi connectivity index (χ0n) is 12.9. The average molecular weight is 306 g/mol. The van der Waals surface area contributed by atoms with Crippen LogP contribution in [0.3, 0.4) is 0 Å². The molecule has 1 heterocycles. The molecule has 0 aliphatic carbocycles. The maximum absolute atomic E-state index is 12.6. The number of nitrogens with one attached hydrogen (secondary N) is 1. The molecular weight excluding hydrogens is 288 g/mol. The summed E-state index contributed by atoms with van der Waals surface area (Å²) in [6, 6.07) is 17.0. The molecular formula is C19H18N2O2. The van der Waals surface area contributed by atoms with Gasteiger partial charge in [0, 0.05) is 12.6 Å². The molecule has 1 unspecified atom stereocenters. The third-order valence-electron chi connectivity index (χ3n) is 3.84. The molecule has 2 aromatic carbocycles. The number of benzene rings is 2. The van der Waals surface area contributed by atoms with Gasteiger partial charge < -0.3 is 10.2 Å². The van der Waals surface area contributed by atoms with Gasteiger partial charge in [0.25, 0.3) is 5.91 Å². The summed E-state index contributed by atoms with van der Waals surface area (Å²) in [5.41, 5.74) is 2.36. The molecule has 4 nitrogen and oxygen atoms in total. The first kappa shape index (κ1) is 15.0. The van der Waals surface area contributed by atoms with Gasteiger partial charge in [-0.1, -0.05) is 49.4 Å². The van der Waals surface area contributed by atoms with Gasteiger partial charge in [0.15, 0.2) is 0 Å². The van der Waals surface area contributed by atoms with Crippen LogP contribution in [-0.4, -0.2) is 18.4 Å². The molecule has 0 aromatic heterocycles. The molecule has 1 aliphatic rings. The van der Waals surface area contributed by atoms with Gasteiger partial charge >= 0.3 is 0 Å². The monoisotopic (exact) mass is 306 g/mol. The quantitative estimate of drug-likeness (QED) is 0.865. The van der Waals surface area contributed by atoms with E-state index >= 15 is 0 Å². The van der Waals surface area contributed by atoms with E-state index in [4.69, 9.17) is 0 Å². The lowest BCUT2D eigenvalue weighted by molar-refractivity contribution is -0.119. The van der Waals surface area contributed by atoms with Gasteiger partial charge in [-0.2, -0.15) is 0 Å². The summed E-state index contributed by atoms with van der Waals surface area (Å²) in [6.45, 7) is 2.18. The Morgan fingerprint density at radius 1 is 1.13 bits per heavy atom. The highest BCUT2D eigenvalue weighted by atomic mass is 16.2. The fraction of sp³-hybridized carbons (Fsp3) is 0.158. The first-order valence-corrected chi connectivity index (χ1v) is 7.59. The number of para-hydroxylation sites is 2. The van der Waals surface area contributed by atoms with E-state index in [9.17, 15) is 9.59 Å². The molecule has 1 aliphatic heterocycles. The largest absolute Gasteiger partial charge is 0.324 e. The van der Waals surface area contributed by atoms with E-state index < -0.39 is 0 Å². The van der Waals surface area contributed by atoms with Crippen LogP contribution in [0, 0.1) is 5.92 Å². The maximum atomic E-state index is 12.6. The standard InChI is InChI=1S/C19H18N2O2/c1-14-13-21(17-10-6-5-9-16(17)20-19(14)23)18(22)12-11-15-7-3-2-4-8-15/h2-12,14H,13H2,1H3,(H,20,23)/b12-11+. The number of hydrogen-bond donors (Lipinski definition) is 1. The minimum absolute atomic E-state index is 0.0696. The van der Waals surface area contributed by atoms with Crippen LogP contribution in [-0.2, 0) is 9.59 Å². The van der Waals surface area contributed by atoms with Crippen LogP contribution in [0.25, 0.3) is 6.08 Å². The number of fused-ring (bicyclic) bond motifs is 1. The Morgan fingerprint density at radius 2 is 1.83 bits per heavy atom. The Bertz CT molecular complexity index is 753. The highest BCUT2D eigenvalue weighted by Crippen LogP contribution is 2.30. The molecule has 1 N–H and O–H groups in total. The highest BCUT2D eigenvalue weighted by molar-refractivity contribution is 6.09. The second-order valence-electron chi connectivity index (χ2n) is 5.60. The van der Waals surface area contributed by atoms with E-state index in [1.54, 1.807) is 17.1 Å². The number of anilines is 2. The van der Waals surface area contributed by atoms with Crippen LogP contribution in [0.15, 0.2) is 60.7 Å². The van der Waals surface area contributed by atoms with Crippen LogP contribution in [0.5, 0.6) is 0 Å². The van der Waals surface area contributed by atoms with Crippen molar-refractivity contribution in [2.45, 2.75) is 6.92 Å². The zero-order chi connectivity index (χ0) is 16.2. The number of nitrogens with zero attached hydrogens (tertiary/aromatic N) is 1. The van der Waals surface area contributed by atoms with Gasteiger partial charge in [0.05, 0.1) is 17.3 Å². The second kappa shape index (κ2) is 6.48. The van der Waals surface area contributed by atoms with Crippen molar-refractivity contribution in [3.8, 4) is 0 Å². The molecule has 0 saturated carbocycles. The van der Waals surface area contributed by atoms with Crippen LogP contribution in [0.1, 0.15) is 12.5 Å². The van der Waals surface area contributed by atoms with Crippen molar-refractivity contribution >= 4 is 29.3 Å². The van der Waals surface area contributed by atoms with Crippen molar-refractivity contribution in [2.24, 2.45) is 5.92 Å². The summed E-state index contributed by atoms with van der Waals surface area (Å²) >= 11 is 0. The topological polar surface area (TPSA) is 49.4 Å². The molecule has 23 heavy (non-hydrogen) atoms. The fourth-order valence-corrected chi connectivity index (χ4v) is 2.56. The van der Waals surface area contributed by atoms with Crippen molar-refractivity contribution in [3.63, 3.8) is 0 Å². The van der Waals surface area contributed by atoms with Gasteiger partial charge in [-0.15, -0.1) is 0 Å². The van der Waals surface area contributed by atoms with E-state index in [1.807, 2.05) is 61.5 Å². The van der Waals surface area contributed by atoms with Gasteiger partial charge in [-0.25, -0.2) is 0 Å².